The van der Waals surface area contributed by atoms with Crippen LogP contribution in [0.2, 0.25) is 0 Å². The maximum Gasteiger partial charge on any atom is 0.416 e. The second-order valence-corrected chi connectivity index (χ2v) is 7.40. The Labute approximate surface area is 178 Å². The molecular weight excluding hydrogens is 429 g/mol. The lowest BCUT2D eigenvalue weighted by Crippen LogP contribution is -2.12. The van der Waals surface area contributed by atoms with E-state index in [0.29, 0.717) is 28.5 Å². The molecule has 0 saturated carbocycles. The molecule has 4 rings (SSSR count). The molecule has 1 aliphatic heterocycles. The maximum atomic E-state index is 12.9. The van der Waals surface area contributed by atoms with E-state index in [1.54, 1.807) is 29.1 Å². The fraction of sp³-hybridized carbons (Fsp3) is 0.143. The molecule has 2 N–H and O–H groups in total. The Hall–Kier alpha value is -3.37. The molecular formula is C21H15F3N4O2S. The predicted octanol–water partition coefficient (Wildman–Crippen LogP) is 4.73. The van der Waals surface area contributed by atoms with Crippen LogP contribution < -0.4 is 5.32 Å². The highest BCUT2D eigenvalue weighted by Gasteiger charge is 2.31. The highest BCUT2D eigenvalue weighted by molar-refractivity contribution is 7.07. The van der Waals surface area contributed by atoms with Gasteiger partial charge < -0.3 is 10.4 Å². The van der Waals surface area contributed by atoms with Gasteiger partial charge in [-0.1, -0.05) is 18.2 Å². The summed E-state index contributed by atoms with van der Waals surface area (Å²) in [5, 5.41) is 14.8. The van der Waals surface area contributed by atoms with Gasteiger partial charge in [-0.15, -0.1) is 11.3 Å². The van der Waals surface area contributed by atoms with Gasteiger partial charge in [0.15, 0.2) is 0 Å². The zero-order valence-electron chi connectivity index (χ0n) is 15.8. The van der Waals surface area contributed by atoms with E-state index in [9.17, 15) is 23.1 Å². The maximum absolute atomic E-state index is 12.9. The number of aliphatic hydroxyl groups excluding tert-OH is 1. The lowest BCUT2D eigenvalue weighted by Gasteiger charge is -2.13. The summed E-state index contributed by atoms with van der Waals surface area (Å²) < 4.78 is 38.8. The van der Waals surface area contributed by atoms with Crippen LogP contribution in [0, 0.1) is 0 Å². The van der Waals surface area contributed by atoms with Crippen molar-refractivity contribution in [2.75, 3.05) is 5.32 Å². The van der Waals surface area contributed by atoms with E-state index in [4.69, 9.17) is 0 Å². The second-order valence-electron chi connectivity index (χ2n) is 6.68. The van der Waals surface area contributed by atoms with Crippen LogP contribution in [0.5, 0.6) is 0 Å². The molecule has 0 fully saturated rings. The van der Waals surface area contributed by atoms with Gasteiger partial charge in [0.2, 0.25) is 0 Å². The minimum Gasteiger partial charge on any atom is -0.382 e. The number of thiazole rings is 1. The van der Waals surface area contributed by atoms with Crippen molar-refractivity contribution in [2.24, 2.45) is 4.99 Å². The molecule has 0 aliphatic carbocycles. The number of alkyl halides is 3. The Morgan fingerprint density at radius 1 is 1.19 bits per heavy atom. The largest absolute Gasteiger partial charge is 0.416 e. The monoisotopic (exact) mass is 444 g/mol. The summed E-state index contributed by atoms with van der Waals surface area (Å²) in [6.45, 7) is 0. The number of hydrogen-bond acceptors (Lipinski definition) is 6. The molecule has 1 aromatic carbocycles. The Morgan fingerprint density at radius 2 is 2.03 bits per heavy atom. The van der Waals surface area contributed by atoms with Crippen LogP contribution in [-0.4, -0.2) is 26.7 Å². The van der Waals surface area contributed by atoms with E-state index in [0.717, 1.165) is 12.1 Å². The van der Waals surface area contributed by atoms with Gasteiger partial charge in [-0.2, -0.15) is 13.2 Å². The smallest absolute Gasteiger partial charge is 0.382 e. The van der Waals surface area contributed by atoms with Crippen molar-refractivity contribution in [2.45, 2.75) is 18.7 Å². The van der Waals surface area contributed by atoms with Crippen LogP contribution in [0.25, 0.3) is 5.70 Å². The Kier molecular flexibility index (Phi) is 5.66. The first-order valence-electron chi connectivity index (χ1n) is 9.10. The van der Waals surface area contributed by atoms with Crippen molar-refractivity contribution in [1.29, 1.82) is 0 Å². The van der Waals surface area contributed by atoms with Crippen LogP contribution in [-0.2, 0) is 6.18 Å². The molecule has 1 atom stereocenters. The number of nitrogens with zero attached hydrogens (tertiary/aromatic N) is 3. The number of nitrogens with one attached hydrogen (secondary N) is 1. The molecule has 3 heterocycles. The van der Waals surface area contributed by atoms with Gasteiger partial charge in [0.05, 0.1) is 40.1 Å². The average molecular weight is 444 g/mol. The number of carbonyl (C=O) groups excluding carboxylic acids is 1. The van der Waals surface area contributed by atoms with E-state index in [2.05, 4.69) is 20.3 Å². The normalized spacial score (nSPS) is 14.7. The van der Waals surface area contributed by atoms with Crippen molar-refractivity contribution in [1.82, 2.24) is 9.97 Å². The van der Waals surface area contributed by atoms with Crippen LogP contribution in [0.15, 0.2) is 64.6 Å². The topological polar surface area (TPSA) is 87.5 Å². The Morgan fingerprint density at radius 3 is 2.71 bits per heavy atom. The van der Waals surface area contributed by atoms with E-state index >= 15 is 0 Å². The van der Waals surface area contributed by atoms with Gasteiger partial charge in [0.1, 0.15) is 11.8 Å². The average Bonchev–Trinajstić information content (AvgIpc) is 3.46. The molecule has 31 heavy (non-hydrogen) atoms. The lowest BCUT2D eigenvalue weighted by molar-refractivity contribution is -0.137. The van der Waals surface area contributed by atoms with E-state index in [1.807, 2.05) is 0 Å². The van der Waals surface area contributed by atoms with E-state index in [-0.39, 0.29) is 17.9 Å². The first-order chi connectivity index (χ1) is 14.8. The molecule has 0 bridgehead atoms. The number of pyridine rings is 1. The molecule has 158 valence electrons. The molecule has 10 heteroatoms. The number of benzene rings is 1. The standard InChI is InChI=1S/C21H15F3N4O2S/c22-21(23,24)13-3-1-2-12(8-13)19(29)17-7-6-16(28-17)15-5-4-14(9-25-15)27-20(30)18-10-31-11-26-18/h1-6,8-11,19,29H,7H2,(H,27,30). The number of aliphatic imine (C=N–C) groups is 1. The van der Waals surface area contributed by atoms with Crippen LogP contribution in [0.4, 0.5) is 18.9 Å². The molecule has 0 saturated heterocycles. The van der Waals surface area contributed by atoms with Crippen molar-refractivity contribution >= 4 is 34.3 Å². The van der Waals surface area contributed by atoms with Crippen LogP contribution in [0.3, 0.4) is 0 Å². The van der Waals surface area contributed by atoms with Crippen molar-refractivity contribution < 1.29 is 23.1 Å². The summed E-state index contributed by atoms with van der Waals surface area (Å²) in [5.74, 6) is -0.347. The fourth-order valence-electron chi connectivity index (χ4n) is 3.00. The minimum atomic E-state index is -4.49. The Bertz CT molecular complexity index is 1160. The van der Waals surface area contributed by atoms with Gasteiger partial charge in [-0.3, -0.25) is 14.8 Å². The van der Waals surface area contributed by atoms with Crippen LogP contribution in [0.1, 0.15) is 39.8 Å². The van der Waals surface area contributed by atoms with Crippen molar-refractivity contribution in [3.8, 4) is 0 Å². The summed E-state index contributed by atoms with van der Waals surface area (Å²) in [4.78, 5) is 24.6. The third-order valence-electron chi connectivity index (χ3n) is 4.56. The zero-order valence-corrected chi connectivity index (χ0v) is 16.6. The SMILES string of the molecule is O=C(Nc1ccc(C2=CCC(C(O)c3cccc(C(F)(F)F)c3)=N2)nc1)c1cscn1. The highest BCUT2D eigenvalue weighted by Crippen LogP contribution is 2.32. The summed E-state index contributed by atoms with van der Waals surface area (Å²) in [5.41, 5.74) is 2.99. The van der Waals surface area contributed by atoms with Gasteiger partial charge in [0.25, 0.3) is 5.91 Å². The molecule has 6 nitrogen and oxygen atoms in total. The zero-order chi connectivity index (χ0) is 22.0. The predicted molar refractivity (Wildman–Crippen MR) is 111 cm³/mol. The molecule has 1 aliphatic rings. The number of halogens is 3. The third-order valence-corrected chi connectivity index (χ3v) is 5.15. The first-order valence-corrected chi connectivity index (χ1v) is 10.0. The number of allylic oxidation sites excluding steroid dienone is 1. The molecule has 1 unspecified atom stereocenters. The van der Waals surface area contributed by atoms with Crippen molar-refractivity contribution in [3.63, 3.8) is 0 Å². The quantitative estimate of drug-likeness (QED) is 0.596. The van der Waals surface area contributed by atoms with E-state index in [1.165, 1.54) is 29.7 Å². The lowest BCUT2D eigenvalue weighted by atomic mass is 10.0. The second kappa shape index (κ2) is 8.40. The number of aliphatic hydroxyl groups is 1. The number of anilines is 1. The number of rotatable bonds is 5. The number of hydrogen-bond donors (Lipinski definition) is 2. The van der Waals surface area contributed by atoms with Gasteiger partial charge >= 0.3 is 6.18 Å². The molecule has 3 aromatic rings. The molecule has 0 spiro atoms. The fourth-order valence-corrected chi connectivity index (χ4v) is 3.53. The van der Waals surface area contributed by atoms with Crippen molar-refractivity contribution in [3.05, 3.63) is 82.1 Å². The minimum absolute atomic E-state index is 0.122. The van der Waals surface area contributed by atoms with Gasteiger partial charge in [-0.05, 0) is 29.8 Å². The van der Waals surface area contributed by atoms with Gasteiger partial charge in [0, 0.05) is 11.8 Å². The summed E-state index contributed by atoms with van der Waals surface area (Å²) in [6.07, 6.45) is -2.25. The van der Waals surface area contributed by atoms with Gasteiger partial charge in [-0.25, -0.2) is 4.98 Å². The number of carbonyl (C=O) groups is 1. The highest BCUT2D eigenvalue weighted by atomic mass is 32.1. The molecule has 2 aromatic heterocycles. The summed E-state index contributed by atoms with van der Waals surface area (Å²) in [6, 6.07) is 7.87. The van der Waals surface area contributed by atoms with E-state index < -0.39 is 17.8 Å². The number of aromatic nitrogens is 2. The third kappa shape index (κ3) is 4.70. The number of amides is 1. The van der Waals surface area contributed by atoms with Crippen LogP contribution >= 0.6 is 11.3 Å². The summed E-state index contributed by atoms with van der Waals surface area (Å²) in [7, 11) is 0. The molecule has 0 radical (unpaired) electrons. The molecule has 1 amide bonds. The Balaban J connectivity index is 1.46. The summed E-state index contributed by atoms with van der Waals surface area (Å²) >= 11 is 1.31. The first kappa shape index (κ1) is 20.9.